The molecule has 1 aliphatic carbocycles. The number of nitrogen functional groups attached to an aromatic ring is 1. The summed E-state index contributed by atoms with van der Waals surface area (Å²) in [5.41, 5.74) is 8.95. The fourth-order valence-corrected chi connectivity index (χ4v) is 4.42. The van der Waals surface area contributed by atoms with E-state index in [0.717, 1.165) is 29.5 Å². The standard InChI is InChI=1S/C25H28N8O2/c1-25(19-5-4-6-19,20-9-7-16(8-10-20)17-11-27-24(26)28-12-17)23-30-22(35-31-23)18-13-29-33(14-18)15-21(34)32(2)3/h7-14,19H,4-6,15H2,1-3H3,(H2,26,27,28)/t25-/m0/s1. The summed E-state index contributed by atoms with van der Waals surface area (Å²) in [6.07, 6.45) is 10.3. The first-order chi connectivity index (χ1) is 16.8. The SMILES string of the molecule is CN(C)C(=O)Cn1cc(-c2nc([C@](C)(c3ccc(-c4cnc(N)nc4)cc3)C3CCC3)no2)cn1. The van der Waals surface area contributed by atoms with Crippen LogP contribution in [0.3, 0.4) is 0 Å². The number of carbonyl (C=O) groups excluding carboxylic acids is 1. The molecule has 1 saturated carbocycles. The highest BCUT2D eigenvalue weighted by Crippen LogP contribution is 2.47. The van der Waals surface area contributed by atoms with Gasteiger partial charge in [0.15, 0.2) is 5.82 Å². The summed E-state index contributed by atoms with van der Waals surface area (Å²) in [7, 11) is 3.43. The molecule has 0 bridgehead atoms. The molecule has 0 radical (unpaired) electrons. The predicted molar refractivity (Wildman–Crippen MR) is 130 cm³/mol. The molecule has 0 spiro atoms. The molecule has 1 amide bonds. The summed E-state index contributed by atoms with van der Waals surface area (Å²) >= 11 is 0. The average Bonchev–Trinajstić information content (AvgIpc) is 3.48. The Kier molecular flexibility index (Phi) is 5.80. The number of nitrogens with zero attached hydrogens (tertiary/aromatic N) is 7. The third-order valence-corrected chi connectivity index (χ3v) is 6.98. The molecule has 0 aliphatic heterocycles. The lowest BCUT2D eigenvalue weighted by molar-refractivity contribution is -0.129. The minimum atomic E-state index is -0.396. The van der Waals surface area contributed by atoms with Crippen LogP contribution in [-0.4, -0.2) is 54.8 Å². The third kappa shape index (κ3) is 4.27. The molecule has 10 heteroatoms. The molecule has 35 heavy (non-hydrogen) atoms. The monoisotopic (exact) mass is 472 g/mol. The van der Waals surface area contributed by atoms with Crippen molar-refractivity contribution in [2.24, 2.45) is 5.92 Å². The van der Waals surface area contributed by atoms with E-state index in [-0.39, 0.29) is 18.4 Å². The van der Waals surface area contributed by atoms with Gasteiger partial charge in [-0.3, -0.25) is 9.48 Å². The number of benzene rings is 1. The van der Waals surface area contributed by atoms with Crippen molar-refractivity contribution in [3.05, 3.63) is 60.4 Å². The second kappa shape index (κ2) is 8.94. The molecular weight excluding hydrogens is 444 g/mol. The second-order valence-corrected chi connectivity index (χ2v) is 9.38. The van der Waals surface area contributed by atoms with E-state index in [9.17, 15) is 4.79 Å². The normalized spacial score (nSPS) is 15.4. The Labute approximate surface area is 203 Å². The Hall–Kier alpha value is -4.08. The molecule has 1 fully saturated rings. The van der Waals surface area contributed by atoms with Gasteiger partial charge in [-0.15, -0.1) is 0 Å². The lowest BCUT2D eigenvalue weighted by Gasteiger charge is -2.41. The van der Waals surface area contributed by atoms with Gasteiger partial charge in [-0.2, -0.15) is 10.1 Å². The van der Waals surface area contributed by atoms with Gasteiger partial charge in [-0.1, -0.05) is 35.8 Å². The molecule has 2 N–H and O–H groups in total. The molecule has 5 rings (SSSR count). The van der Waals surface area contributed by atoms with Crippen LogP contribution in [0.15, 0.2) is 53.6 Å². The second-order valence-electron chi connectivity index (χ2n) is 9.38. The Morgan fingerprint density at radius 1 is 1.11 bits per heavy atom. The summed E-state index contributed by atoms with van der Waals surface area (Å²) in [4.78, 5) is 26.5. The Bertz CT molecular complexity index is 1320. The highest BCUT2D eigenvalue weighted by atomic mass is 16.5. The number of likely N-dealkylation sites (N-methyl/N-ethyl adjacent to an activating group) is 1. The van der Waals surface area contributed by atoms with Gasteiger partial charge in [0, 0.05) is 38.2 Å². The Morgan fingerprint density at radius 3 is 2.46 bits per heavy atom. The summed E-state index contributed by atoms with van der Waals surface area (Å²) in [5, 5.41) is 8.67. The molecular formula is C25H28N8O2. The largest absolute Gasteiger partial charge is 0.368 e. The van der Waals surface area contributed by atoms with Gasteiger partial charge in [0.2, 0.25) is 11.9 Å². The van der Waals surface area contributed by atoms with E-state index in [1.165, 1.54) is 11.3 Å². The van der Waals surface area contributed by atoms with Crippen LogP contribution in [0.4, 0.5) is 5.95 Å². The van der Waals surface area contributed by atoms with E-state index in [2.05, 4.69) is 51.4 Å². The van der Waals surface area contributed by atoms with Crippen molar-refractivity contribution in [3.63, 3.8) is 0 Å². The first-order valence-electron chi connectivity index (χ1n) is 11.6. The number of rotatable bonds is 7. The molecule has 1 atom stereocenters. The molecule has 3 aromatic heterocycles. The molecule has 180 valence electrons. The van der Waals surface area contributed by atoms with Crippen LogP contribution in [0.2, 0.25) is 0 Å². The lowest BCUT2D eigenvalue weighted by atomic mass is 9.62. The van der Waals surface area contributed by atoms with Gasteiger partial charge in [-0.05, 0) is 36.8 Å². The number of amides is 1. The van der Waals surface area contributed by atoms with E-state index >= 15 is 0 Å². The number of nitrogens with two attached hydrogens (primary N) is 1. The van der Waals surface area contributed by atoms with Gasteiger partial charge in [0.05, 0.1) is 17.2 Å². The Balaban J connectivity index is 1.43. The minimum absolute atomic E-state index is 0.0441. The summed E-state index contributed by atoms with van der Waals surface area (Å²) in [5.74, 6) is 1.67. The summed E-state index contributed by atoms with van der Waals surface area (Å²) < 4.78 is 7.24. The average molecular weight is 473 g/mol. The molecule has 1 aliphatic rings. The zero-order valence-electron chi connectivity index (χ0n) is 20.0. The molecule has 10 nitrogen and oxygen atoms in total. The van der Waals surface area contributed by atoms with Crippen LogP contribution in [0.25, 0.3) is 22.6 Å². The maximum absolute atomic E-state index is 12.0. The van der Waals surface area contributed by atoms with Gasteiger partial charge in [-0.25, -0.2) is 9.97 Å². The topological polar surface area (TPSA) is 129 Å². The van der Waals surface area contributed by atoms with Crippen molar-refractivity contribution in [2.45, 2.75) is 38.1 Å². The fourth-order valence-electron chi connectivity index (χ4n) is 4.42. The van der Waals surface area contributed by atoms with Crippen molar-refractivity contribution >= 4 is 11.9 Å². The Morgan fingerprint density at radius 2 is 1.83 bits per heavy atom. The summed E-state index contributed by atoms with van der Waals surface area (Å²) in [6, 6.07) is 8.36. The van der Waals surface area contributed by atoms with Crippen LogP contribution in [0.1, 0.15) is 37.6 Å². The molecule has 1 aromatic carbocycles. The van der Waals surface area contributed by atoms with Crippen molar-refractivity contribution in [1.29, 1.82) is 0 Å². The van der Waals surface area contributed by atoms with E-state index in [0.29, 0.717) is 23.2 Å². The van der Waals surface area contributed by atoms with Crippen LogP contribution in [-0.2, 0) is 16.8 Å². The van der Waals surface area contributed by atoms with Gasteiger partial charge >= 0.3 is 0 Å². The summed E-state index contributed by atoms with van der Waals surface area (Å²) in [6.45, 7) is 2.34. The van der Waals surface area contributed by atoms with Gasteiger partial charge < -0.3 is 15.2 Å². The number of hydrogen-bond donors (Lipinski definition) is 1. The number of aromatic nitrogens is 6. The maximum atomic E-state index is 12.0. The zero-order chi connectivity index (χ0) is 24.6. The predicted octanol–water partition coefficient (Wildman–Crippen LogP) is 3.17. The third-order valence-electron chi connectivity index (χ3n) is 6.98. The minimum Gasteiger partial charge on any atom is -0.368 e. The van der Waals surface area contributed by atoms with Crippen molar-refractivity contribution in [3.8, 4) is 22.6 Å². The van der Waals surface area contributed by atoms with E-state index in [1.807, 2.05) is 0 Å². The molecule has 0 saturated heterocycles. The van der Waals surface area contributed by atoms with Crippen LogP contribution < -0.4 is 5.73 Å². The van der Waals surface area contributed by atoms with Gasteiger partial charge in [0.25, 0.3) is 5.89 Å². The number of carbonyl (C=O) groups is 1. The lowest BCUT2D eigenvalue weighted by Crippen LogP contribution is -2.38. The molecule has 4 aromatic rings. The number of anilines is 1. The maximum Gasteiger partial charge on any atom is 0.261 e. The van der Waals surface area contributed by atoms with Crippen molar-refractivity contribution < 1.29 is 9.32 Å². The van der Waals surface area contributed by atoms with Gasteiger partial charge in [0.1, 0.15) is 6.54 Å². The quantitative estimate of drug-likeness (QED) is 0.434. The van der Waals surface area contributed by atoms with E-state index in [4.69, 9.17) is 15.2 Å². The first-order valence-corrected chi connectivity index (χ1v) is 11.6. The van der Waals surface area contributed by atoms with E-state index in [1.54, 1.807) is 43.6 Å². The van der Waals surface area contributed by atoms with Crippen molar-refractivity contribution in [2.75, 3.05) is 19.8 Å². The first kappa shape index (κ1) is 22.7. The highest BCUT2D eigenvalue weighted by Gasteiger charge is 2.44. The number of hydrogen-bond acceptors (Lipinski definition) is 8. The molecule has 0 unspecified atom stereocenters. The fraction of sp³-hybridized carbons (Fsp3) is 0.360. The van der Waals surface area contributed by atoms with Crippen LogP contribution in [0, 0.1) is 5.92 Å². The van der Waals surface area contributed by atoms with E-state index < -0.39 is 5.41 Å². The molecule has 3 heterocycles. The highest BCUT2D eigenvalue weighted by molar-refractivity contribution is 5.75. The van der Waals surface area contributed by atoms with Crippen molar-refractivity contribution in [1.82, 2.24) is 34.8 Å². The zero-order valence-corrected chi connectivity index (χ0v) is 20.0. The van der Waals surface area contributed by atoms with Crippen LogP contribution in [0.5, 0.6) is 0 Å². The van der Waals surface area contributed by atoms with Crippen LogP contribution >= 0.6 is 0 Å². The smallest absolute Gasteiger partial charge is 0.261 e.